The lowest BCUT2D eigenvalue weighted by molar-refractivity contribution is -0.145. The smallest absolute Gasteiger partial charge is 0.328 e. The summed E-state index contributed by atoms with van der Waals surface area (Å²) in [5, 5.41) is 8.32. The van der Waals surface area contributed by atoms with Crippen molar-refractivity contribution >= 4 is 23.1 Å². The number of aromatic nitrogens is 3. The lowest BCUT2D eigenvalue weighted by Gasteiger charge is -2.31. The van der Waals surface area contributed by atoms with E-state index in [0.29, 0.717) is 30.5 Å². The zero-order chi connectivity index (χ0) is 16.2. The van der Waals surface area contributed by atoms with Gasteiger partial charge in [-0.15, -0.1) is 16.4 Å². The van der Waals surface area contributed by atoms with Crippen molar-refractivity contribution < 1.29 is 18.0 Å². The minimum absolute atomic E-state index is 0.0316. The third kappa shape index (κ3) is 2.26. The largest absolute Gasteiger partial charge is 0.453 e. The quantitative estimate of drug-likeness (QED) is 0.865. The number of ketones is 1. The van der Waals surface area contributed by atoms with Crippen LogP contribution in [0.15, 0.2) is 28.8 Å². The molecule has 0 aromatic carbocycles. The van der Waals surface area contributed by atoms with Crippen molar-refractivity contribution in [2.75, 3.05) is 5.32 Å². The van der Waals surface area contributed by atoms with Gasteiger partial charge in [0.2, 0.25) is 5.95 Å². The Balaban J connectivity index is 1.90. The van der Waals surface area contributed by atoms with Gasteiger partial charge in [0.25, 0.3) is 5.82 Å². The van der Waals surface area contributed by atoms with E-state index in [2.05, 4.69) is 15.4 Å². The van der Waals surface area contributed by atoms with E-state index < -0.39 is 18.0 Å². The van der Waals surface area contributed by atoms with E-state index in [1.54, 1.807) is 12.1 Å². The van der Waals surface area contributed by atoms with Gasteiger partial charge in [-0.3, -0.25) is 4.79 Å². The van der Waals surface area contributed by atoms with Crippen LogP contribution in [0.2, 0.25) is 0 Å². The van der Waals surface area contributed by atoms with E-state index in [0.717, 1.165) is 4.88 Å². The van der Waals surface area contributed by atoms with E-state index in [1.807, 2.05) is 5.38 Å². The number of nitrogens with one attached hydrogen (secondary N) is 1. The maximum atomic E-state index is 12.9. The van der Waals surface area contributed by atoms with E-state index in [4.69, 9.17) is 0 Å². The van der Waals surface area contributed by atoms with Gasteiger partial charge in [-0.1, -0.05) is 6.07 Å². The molecule has 0 fully saturated rings. The predicted molar refractivity (Wildman–Crippen MR) is 77.0 cm³/mol. The molecule has 23 heavy (non-hydrogen) atoms. The summed E-state index contributed by atoms with van der Waals surface area (Å²) in [5.74, 6) is -1.22. The molecular formula is C14H11F3N4OS. The van der Waals surface area contributed by atoms with E-state index in [-0.39, 0.29) is 11.7 Å². The van der Waals surface area contributed by atoms with Crippen LogP contribution in [0.25, 0.3) is 0 Å². The molecule has 9 heteroatoms. The molecule has 1 atom stereocenters. The highest BCUT2D eigenvalue weighted by atomic mass is 32.1. The van der Waals surface area contributed by atoms with Gasteiger partial charge in [-0.05, 0) is 24.3 Å². The Kier molecular flexibility index (Phi) is 3.09. The van der Waals surface area contributed by atoms with Gasteiger partial charge < -0.3 is 5.32 Å². The molecule has 1 N–H and O–H groups in total. The highest BCUT2D eigenvalue weighted by Crippen LogP contribution is 2.42. The number of anilines is 1. The Morgan fingerprint density at radius 1 is 1.35 bits per heavy atom. The van der Waals surface area contributed by atoms with Gasteiger partial charge in [0.05, 0.1) is 0 Å². The van der Waals surface area contributed by atoms with Crippen molar-refractivity contribution in [3.05, 3.63) is 39.5 Å². The Labute approximate surface area is 132 Å². The summed E-state index contributed by atoms with van der Waals surface area (Å²) < 4.78 is 40.0. The van der Waals surface area contributed by atoms with Crippen LogP contribution in [0.4, 0.5) is 19.1 Å². The first-order valence-corrected chi connectivity index (χ1v) is 7.93. The first kappa shape index (κ1) is 14.4. The number of Topliss-reactive ketones (excluding diaryl/α,β-unsaturated/α-hetero) is 1. The van der Waals surface area contributed by atoms with Crippen molar-refractivity contribution in [1.29, 1.82) is 0 Å². The van der Waals surface area contributed by atoms with Gasteiger partial charge in [0, 0.05) is 22.6 Å². The molecule has 2 aliphatic rings. The standard InChI is InChI=1S/C14H11F3N4OS/c15-14(16,17)12-19-13-18-7-3-1-4-8(22)10(7)11(21(13)20-12)9-5-2-6-23-9/h2,5-6,11H,1,3-4H2,(H,18,19,20)/t11-/m1/s1. The Hall–Kier alpha value is -2.16. The van der Waals surface area contributed by atoms with Crippen molar-refractivity contribution in [2.45, 2.75) is 31.5 Å². The van der Waals surface area contributed by atoms with Crippen LogP contribution in [-0.4, -0.2) is 20.5 Å². The fraction of sp³-hybridized carbons (Fsp3) is 0.357. The number of carbonyl (C=O) groups excluding carboxylic acids is 1. The van der Waals surface area contributed by atoms with E-state index in [1.165, 1.54) is 16.0 Å². The molecule has 1 aliphatic carbocycles. The molecule has 0 radical (unpaired) electrons. The monoisotopic (exact) mass is 340 g/mol. The summed E-state index contributed by atoms with van der Waals surface area (Å²) in [7, 11) is 0. The van der Waals surface area contributed by atoms with Crippen molar-refractivity contribution in [2.24, 2.45) is 0 Å². The summed E-state index contributed by atoms with van der Waals surface area (Å²) in [4.78, 5) is 16.7. The first-order chi connectivity index (χ1) is 10.9. The van der Waals surface area contributed by atoms with Crippen molar-refractivity contribution in [1.82, 2.24) is 14.8 Å². The number of hydrogen-bond donors (Lipinski definition) is 1. The molecule has 0 amide bonds. The summed E-state index contributed by atoms with van der Waals surface area (Å²) in [6.45, 7) is 0. The predicted octanol–water partition coefficient (Wildman–Crippen LogP) is 3.38. The second kappa shape index (κ2) is 4.92. The molecular weight excluding hydrogens is 329 g/mol. The minimum atomic E-state index is -4.63. The SMILES string of the molecule is O=C1CCCC2=C1[C@@H](c1cccs1)n1nc(C(F)(F)F)nc1N2. The first-order valence-electron chi connectivity index (χ1n) is 7.05. The zero-order valence-electron chi connectivity index (χ0n) is 11.7. The van der Waals surface area contributed by atoms with Crippen molar-refractivity contribution in [3.8, 4) is 0 Å². The number of alkyl halides is 3. The third-order valence-corrected chi connectivity index (χ3v) is 4.86. The lowest BCUT2D eigenvalue weighted by Crippen LogP contribution is -2.31. The summed E-state index contributed by atoms with van der Waals surface area (Å²) >= 11 is 1.38. The number of hydrogen-bond acceptors (Lipinski definition) is 5. The van der Waals surface area contributed by atoms with E-state index >= 15 is 0 Å². The number of halogens is 3. The molecule has 0 unspecified atom stereocenters. The highest BCUT2D eigenvalue weighted by molar-refractivity contribution is 7.10. The van der Waals surface area contributed by atoms with Gasteiger partial charge in [0.15, 0.2) is 5.78 Å². The fourth-order valence-electron chi connectivity index (χ4n) is 2.99. The maximum Gasteiger partial charge on any atom is 0.453 e. The number of fused-ring (bicyclic) bond motifs is 1. The van der Waals surface area contributed by atoms with Crippen molar-refractivity contribution in [3.63, 3.8) is 0 Å². The van der Waals surface area contributed by atoms with Crippen LogP contribution in [-0.2, 0) is 11.0 Å². The maximum absolute atomic E-state index is 12.9. The summed E-state index contributed by atoms with van der Waals surface area (Å²) in [5.41, 5.74) is 1.16. The van der Waals surface area contributed by atoms with Gasteiger partial charge in [0.1, 0.15) is 6.04 Å². The van der Waals surface area contributed by atoms with Crippen LogP contribution in [0.5, 0.6) is 0 Å². The Morgan fingerprint density at radius 2 is 2.17 bits per heavy atom. The zero-order valence-corrected chi connectivity index (χ0v) is 12.5. The van der Waals surface area contributed by atoms with Crippen LogP contribution in [0, 0.1) is 0 Å². The van der Waals surface area contributed by atoms with Gasteiger partial charge in [-0.25, -0.2) is 4.68 Å². The second-order valence-electron chi connectivity index (χ2n) is 5.41. The molecule has 4 rings (SSSR count). The number of carbonyl (C=O) groups is 1. The molecule has 2 aromatic rings. The molecule has 2 aromatic heterocycles. The van der Waals surface area contributed by atoms with Crippen LogP contribution < -0.4 is 5.32 Å². The average molecular weight is 340 g/mol. The van der Waals surface area contributed by atoms with Crippen LogP contribution in [0.1, 0.15) is 36.0 Å². The van der Waals surface area contributed by atoms with Gasteiger partial charge in [-0.2, -0.15) is 18.2 Å². The molecule has 1 aliphatic heterocycles. The molecule has 0 spiro atoms. The average Bonchev–Trinajstić information content (AvgIpc) is 3.14. The Morgan fingerprint density at radius 3 is 2.87 bits per heavy atom. The number of rotatable bonds is 1. The molecule has 5 nitrogen and oxygen atoms in total. The lowest BCUT2D eigenvalue weighted by atomic mass is 9.88. The fourth-order valence-corrected chi connectivity index (χ4v) is 3.80. The van der Waals surface area contributed by atoms with Crippen LogP contribution >= 0.6 is 11.3 Å². The third-order valence-electron chi connectivity index (χ3n) is 3.93. The number of thiophene rings is 1. The topological polar surface area (TPSA) is 59.8 Å². The summed E-state index contributed by atoms with van der Waals surface area (Å²) in [6.07, 6.45) is -2.92. The summed E-state index contributed by atoms with van der Waals surface area (Å²) in [6, 6.07) is 2.96. The minimum Gasteiger partial charge on any atom is -0.328 e. The molecule has 0 bridgehead atoms. The van der Waals surface area contributed by atoms with E-state index in [9.17, 15) is 18.0 Å². The number of nitrogens with zero attached hydrogens (tertiary/aromatic N) is 3. The number of allylic oxidation sites excluding steroid dienone is 2. The second-order valence-corrected chi connectivity index (χ2v) is 6.39. The normalized spacial score (nSPS) is 21.0. The highest BCUT2D eigenvalue weighted by Gasteiger charge is 2.42. The molecule has 0 saturated heterocycles. The van der Waals surface area contributed by atoms with Crippen LogP contribution in [0.3, 0.4) is 0 Å². The Bertz CT molecular complexity index is 807. The molecule has 120 valence electrons. The molecule has 3 heterocycles. The molecule has 0 saturated carbocycles. The van der Waals surface area contributed by atoms with Gasteiger partial charge >= 0.3 is 6.18 Å².